The van der Waals surface area contributed by atoms with Crippen LogP contribution in [0.1, 0.15) is 78.2 Å². The Morgan fingerprint density at radius 1 is 0.352 bits per heavy atom. The second-order valence-corrected chi connectivity index (χ2v) is 15.6. The molecule has 3 N–H and O–H groups in total. The number of benzene rings is 7. The molecule has 0 aliphatic carbocycles. The van der Waals surface area contributed by atoms with E-state index in [4.69, 9.17) is 0 Å². The van der Waals surface area contributed by atoms with Crippen LogP contribution < -0.4 is 16.0 Å². The van der Waals surface area contributed by atoms with E-state index in [2.05, 4.69) is 200 Å². The Morgan fingerprint density at radius 2 is 0.778 bits per heavy atom. The van der Waals surface area contributed by atoms with Gasteiger partial charge in [0.2, 0.25) is 0 Å². The summed E-state index contributed by atoms with van der Waals surface area (Å²) in [6.45, 7) is 21.8. The minimum atomic E-state index is 0.0144. The molecular weight excluding hydrogens is 655 g/mol. The number of hydrogen-bond donors (Lipinski definition) is 3. The molecule has 0 amide bonds. The predicted molar refractivity (Wildman–Crippen MR) is 234 cm³/mol. The zero-order valence-corrected chi connectivity index (χ0v) is 33.5. The molecule has 0 aliphatic rings. The first-order valence-corrected chi connectivity index (χ1v) is 19.1. The summed E-state index contributed by atoms with van der Waals surface area (Å²) in [5.74, 6) is 0.0144. The van der Waals surface area contributed by atoms with Gasteiger partial charge in [0, 0.05) is 45.4 Å². The molecule has 0 saturated heterocycles. The predicted octanol–water partition coefficient (Wildman–Crippen LogP) is 14.3. The third-order valence-corrected chi connectivity index (χ3v) is 10.9. The number of fused-ring (bicyclic) bond motifs is 1. The molecule has 3 heteroatoms. The van der Waals surface area contributed by atoms with Crippen LogP contribution in [0.2, 0.25) is 0 Å². The van der Waals surface area contributed by atoms with Gasteiger partial charge in [-0.15, -0.1) is 0 Å². The monoisotopic (exact) mass is 707 g/mol. The van der Waals surface area contributed by atoms with Gasteiger partial charge >= 0.3 is 0 Å². The van der Waals surface area contributed by atoms with Gasteiger partial charge in [-0.3, -0.25) is 0 Å². The minimum absolute atomic E-state index is 0.0144. The number of anilines is 6. The van der Waals surface area contributed by atoms with Crippen molar-refractivity contribution < 1.29 is 0 Å². The Bertz CT molecular complexity index is 2450. The van der Waals surface area contributed by atoms with E-state index in [1.807, 2.05) is 0 Å². The molecule has 0 heterocycles. The van der Waals surface area contributed by atoms with Crippen LogP contribution in [0.4, 0.5) is 34.1 Å². The molecule has 7 aromatic carbocycles. The van der Waals surface area contributed by atoms with Crippen LogP contribution in [0.3, 0.4) is 0 Å². The van der Waals surface area contributed by atoms with Crippen LogP contribution in [0.5, 0.6) is 0 Å². The maximum atomic E-state index is 3.84. The van der Waals surface area contributed by atoms with Gasteiger partial charge in [-0.05, 0) is 161 Å². The lowest BCUT2D eigenvalue weighted by Crippen LogP contribution is -2.08. The highest BCUT2D eigenvalue weighted by molar-refractivity contribution is 5.98. The zero-order valence-electron chi connectivity index (χ0n) is 33.5. The lowest BCUT2D eigenvalue weighted by atomic mass is 9.80. The van der Waals surface area contributed by atoms with Crippen molar-refractivity contribution in [3.05, 3.63) is 188 Å². The first kappa shape index (κ1) is 36.6. The Kier molecular flexibility index (Phi) is 10.1. The average molecular weight is 708 g/mol. The molecule has 272 valence electrons. The largest absolute Gasteiger partial charge is 0.355 e. The van der Waals surface area contributed by atoms with Crippen molar-refractivity contribution in [1.29, 1.82) is 0 Å². The van der Waals surface area contributed by atoms with Gasteiger partial charge in [0.15, 0.2) is 0 Å². The highest BCUT2D eigenvalue weighted by Gasteiger charge is 2.23. The van der Waals surface area contributed by atoms with Crippen molar-refractivity contribution in [2.45, 2.75) is 75.2 Å². The fourth-order valence-electron chi connectivity index (χ4n) is 8.60. The number of rotatable bonds is 9. The van der Waals surface area contributed by atoms with Crippen molar-refractivity contribution in [2.75, 3.05) is 16.0 Å². The van der Waals surface area contributed by atoms with Gasteiger partial charge < -0.3 is 16.0 Å². The molecule has 7 rings (SSSR count). The molecule has 7 aromatic rings. The highest BCUT2D eigenvalue weighted by Crippen LogP contribution is 2.42. The van der Waals surface area contributed by atoms with Crippen molar-refractivity contribution in [3.63, 3.8) is 0 Å². The summed E-state index contributed by atoms with van der Waals surface area (Å²) >= 11 is 0. The van der Waals surface area contributed by atoms with Crippen molar-refractivity contribution >= 4 is 44.9 Å². The molecule has 54 heavy (non-hydrogen) atoms. The van der Waals surface area contributed by atoms with Gasteiger partial charge in [-0.25, -0.2) is 0 Å². The first-order chi connectivity index (χ1) is 25.9. The summed E-state index contributed by atoms with van der Waals surface area (Å²) in [5.41, 5.74) is 23.3. The second kappa shape index (κ2) is 14.9. The average Bonchev–Trinajstić information content (AvgIpc) is 3.11. The van der Waals surface area contributed by atoms with Gasteiger partial charge in [0.05, 0.1) is 0 Å². The molecule has 0 fully saturated rings. The standard InChI is InChI=1S/C51H53N3/c1-30-23-34(5)49(35(6)24-30)52-41-17-15-40(16-18-41)48(43-20-19-42(29-33(43)4)53-50-36(7)25-31(2)26-37(50)8)46-21-22-47(45-14-12-11-13-44(45)46)54-51-38(9)27-32(3)28-39(51)10/h11-29,48,52-54H,1-10H3. The van der Waals surface area contributed by atoms with Crippen LogP contribution in [0.15, 0.2) is 115 Å². The molecule has 0 aliphatic heterocycles. The van der Waals surface area contributed by atoms with E-state index >= 15 is 0 Å². The molecule has 0 bridgehead atoms. The van der Waals surface area contributed by atoms with E-state index in [-0.39, 0.29) is 5.92 Å². The zero-order chi connectivity index (χ0) is 38.3. The number of aryl methyl sites for hydroxylation is 10. The van der Waals surface area contributed by atoms with Crippen LogP contribution in [-0.2, 0) is 0 Å². The van der Waals surface area contributed by atoms with E-state index < -0.39 is 0 Å². The maximum Gasteiger partial charge on any atom is 0.0464 e. The highest BCUT2D eigenvalue weighted by atomic mass is 14.9. The topological polar surface area (TPSA) is 36.1 Å². The van der Waals surface area contributed by atoms with Crippen molar-refractivity contribution in [2.24, 2.45) is 0 Å². The Balaban J connectivity index is 1.33. The molecule has 1 atom stereocenters. The van der Waals surface area contributed by atoms with E-state index in [0.717, 1.165) is 17.1 Å². The fourth-order valence-corrected chi connectivity index (χ4v) is 8.60. The van der Waals surface area contributed by atoms with Gasteiger partial charge in [0.1, 0.15) is 0 Å². The molecule has 0 radical (unpaired) electrons. The van der Waals surface area contributed by atoms with Gasteiger partial charge in [-0.1, -0.05) is 102 Å². The van der Waals surface area contributed by atoms with Gasteiger partial charge in [-0.2, -0.15) is 0 Å². The summed E-state index contributed by atoms with van der Waals surface area (Å²) in [7, 11) is 0. The smallest absolute Gasteiger partial charge is 0.0464 e. The van der Waals surface area contributed by atoms with E-state index in [0.29, 0.717) is 0 Å². The number of nitrogens with one attached hydrogen (secondary N) is 3. The SMILES string of the molecule is Cc1cc(C)c(Nc2ccc(C(c3ccc(Nc4c(C)cc(C)cc4C)cc3C)c3ccc(Nc4c(C)cc(C)cc4C)c4ccccc34)cc2)c(C)c1. The van der Waals surface area contributed by atoms with E-state index in [1.54, 1.807) is 0 Å². The molecule has 0 spiro atoms. The summed E-state index contributed by atoms with van der Waals surface area (Å²) in [5, 5.41) is 13.8. The summed E-state index contributed by atoms with van der Waals surface area (Å²) in [4.78, 5) is 0. The van der Waals surface area contributed by atoms with Crippen LogP contribution in [0, 0.1) is 69.2 Å². The Hall–Kier alpha value is -5.80. The normalized spacial score (nSPS) is 11.8. The molecule has 0 saturated carbocycles. The minimum Gasteiger partial charge on any atom is -0.355 e. The van der Waals surface area contributed by atoms with Crippen LogP contribution in [-0.4, -0.2) is 0 Å². The summed E-state index contributed by atoms with van der Waals surface area (Å²) in [6, 6.07) is 42.9. The quantitative estimate of drug-likeness (QED) is 0.131. The van der Waals surface area contributed by atoms with Crippen molar-refractivity contribution in [1.82, 2.24) is 0 Å². The van der Waals surface area contributed by atoms with E-state index in [1.165, 1.54) is 100 Å². The summed E-state index contributed by atoms with van der Waals surface area (Å²) < 4.78 is 0. The Labute approximate surface area is 322 Å². The second-order valence-electron chi connectivity index (χ2n) is 15.6. The third kappa shape index (κ3) is 7.37. The van der Waals surface area contributed by atoms with E-state index in [9.17, 15) is 0 Å². The van der Waals surface area contributed by atoms with Gasteiger partial charge in [0.25, 0.3) is 0 Å². The first-order valence-electron chi connectivity index (χ1n) is 19.1. The third-order valence-electron chi connectivity index (χ3n) is 10.9. The summed E-state index contributed by atoms with van der Waals surface area (Å²) in [6.07, 6.45) is 0. The molecule has 1 unspecified atom stereocenters. The fraction of sp³-hybridized carbons (Fsp3) is 0.216. The molecular formula is C51H53N3. The lowest BCUT2D eigenvalue weighted by molar-refractivity contribution is 0.974. The molecule has 0 aromatic heterocycles. The van der Waals surface area contributed by atoms with Crippen molar-refractivity contribution in [3.8, 4) is 0 Å². The lowest BCUT2D eigenvalue weighted by Gasteiger charge is -2.25. The van der Waals surface area contributed by atoms with Crippen LogP contribution >= 0.6 is 0 Å². The molecule has 3 nitrogen and oxygen atoms in total. The number of hydrogen-bond acceptors (Lipinski definition) is 3. The maximum absolute atomic E-state index is 3.84. The Morgan fingerprint density at radius 3 is 1.28 bits per heavy atom. The van der Waals surface area contributed by atoms with Crippen LogP contribution in [0.25, 0.3) is 10.8 Å².